The van der Waals surface area contributed by atoms with Gasteiger partial charge in [0.1, 0.15) is 0 Å². The molecule has 0 heterocycles. The van der Waals surface area contributed by atoms with E-state index < -0.39 is 0 Å². The predicted molar refractivity (Wildman–Crippen MR) is 86.9 cm³/mol. The molecule has 0 bridgehead atoms. The maximum absolute atomic E-state index is 6.40. The summed E-state index contributed by atoms with van der Waals surface area (Å²) in [6.07, 6.45) is 3.56. The summed E-state index contributed by atoms with van der Waals surface area (Å²) >= 11 is 0. The molecule has 1 aliphatic rings. The molecule has 2 nitrogen and oxygen atoms in total. The van der Waals surface area contributed by atoms with Crippen LogP contribution in [0.15, 0.2) is 30.3 Å². The Kier molecular flexibility index (Phi) is 4.87. The molecule has 1 aromatic rings. The molecule has 0 aliphatic heterocycles. The van der Waals surface area contributed by atoms with Gasteiger partial charge in [0.25, 0.3) is 0 Å². The minimum Gasteiger partial charge on any atom is -0.326 e. The van der Waals surface area contributed by atoms with Gasteiger partial charge in [-0.2, -0.15) is 0 Å². The van der Waals surface area contributed by atoms with Crippen molar-refractivity contribution in [2.24, 2.45) is 11.1 Å². The topological polar surface area (TPSA) is 29.3 Å². The largest absolute Gasteiger partial charge is 0.326 e. The van der Waals surface area contributed by atoms with Gasteiger partial charge in [-0.15, -0.1) is 0 Å². The van der Waals surface area contributed by atoms with E-state index in [1.165, 1.54) is 18.4 Å². The van der Waals surface area contributed by atoms with Crippen molar-refractivity contribution in [2.75, 3.05) is 13.6 Å². The number of nitrogens with two attached hydrogens (primary N) is 1. The fraction of sp³-hybridized carbons (Fsp3) is 0.667. The van der Waals surface area contributed by atoms with Crippen molar-refractivity contribution < 1.29 is 0 Å². The van der Waals surface area contributed by atoms with Crippen LogP contribution in [-0.4, -0.2) is 30.6 Å². The summed E-state index contributed by atoms with van der Waals surface area (Å²) in [5.74, 6) is 0.670. The van der Waals surface area contributed by atoms with Crippen molar-refractivity contribution in [3.8, 4) is 0 Å². The highest BCUT2D eigenvalue weighted by atomic mass is 15.2. The van der Waals surface area contributed by atoms with Gasteiger partial charge in [-0.05, 0) is 43.2 Å². The monoisotopic (exact) mass is 274 g/mol. The number of hydrogen-bond donors (Lipinski definition) is 1. The third-order valence-electron chi connectivity index (χ3n) is 4.43. The Balaban J connectivity index is 2.05. The highest BCUT2D eigenvalue weighted by molar-refractivity contribution is 5.20. The first-order valence-electron chi connectivity index (χ1n) is 7.87. The third kappa shape index (κ3) is 4.07. The number of benzene rings is 1. The van der Waals surface area contributed by atoms with E-state index in [-0.39, 0.29) is 0 Å². The lowest BCUT2D eigenvalue weighted by atomic mass is 9.78. The van der Waals surface area contributed by atoms with Crippen molar-refractivity contribution in [2.45, 2.75) is 58.0 Å². The first-order chi connectivity index (χ1) is 9.37. The van der Waals surface area contributed by atoms with Gasteiger partial charge in [-0.25, -0.2) is 0 Å². The molecule has 0 amide bonds. The van der Waals surface area contributed by atoms with Crippen molar-refractivity contribution in [1.82, 2.24) is 4.90 Å². The zero-order chi connectivity index (χ0) is 14.8. The second-order valence-electron chi connectivity index (χ2n) is 7.63. The van der Waals surface area contributed by atoms with E-state index in [2.05, 4.69) is 63.1 Å². The van der Waals surface area contributed by atoms with E-state index in [0.717, 1.165) is 13.0 Å². The molecular weight excluding hydrogens is 244 g/mol. The van der Waals surface area contributed by atoms with Gasteiger partial charge >= 0.3 is 0 Å². The van der Waals surface area contributed by atoms with Crippen LogP contribution in [0.4, 0.5) is 0 Å². The first kappa shape index (κ1) is 15.5. The summed E-state index contributed by atoms with van der Waals surface area (Å²) in [7, 11) is 2.24. The van der Waals surface area contributed by atoms with Gasteiger partial charge in [0.05, 0.1) is 0 Å². The molecule has 3 unspecified atom stereocenters. The second-order valence-corrected chi connectivity index (χ2v) is 7.63. The second kappa shape index (κ2) is 6.28. The zero-order valence-corrected chi connectivity index (χ0v) is 13.5. The molecule has 0 saturated heterocycles. The van der Waals surface area contributed by atoms with E-state index in [4.69, 9.17) is 5.73 Å². The summed E-state index contributed by atoms with van der Waals surface area (Å²) in [4.78, 5) is 2.49. The molecule has 1 aromatic carbocycles. The standard InChI is InChI=1S/C18H30N2/c1-18(2,3)13-20(4)17-12-15(10-11-16(17)19)14-8-6-5-7-9-14/h5-9,15-17H,10-13,19H2,1-4H3. The molecule has 2 heteroatoms. The Morgan fingerprint density at radius 3 is 2.40 bits per heavy atom. The molecule has 0 radical (unpaired) electrons. The van der Waals surface area contributed by atoms with E-state index in [1.807, 2.05) is 0 Å². The van der Waals surface area contributed by atoms with Crippen molar-refractivity contribution in [3.05, 3.63) is 35.9 Å². The lowest BCUT2D eigenvalue weighted by Crippen LogP contribution is -2.51. The molecule has 112 valence electrons. The van der Waals surface area contributed by atoms with Crippen molar-refractivity contribution >= 4 is 0 Å². The minimum absolute atomic E-state index is 0.322. The summed E-state index contributed by atoms with van der Waals surface area (Å²) < 4.78 is 0. The van der Waals surface area contributed by atoms with Crippen LogP contribution in [0.1, 0.15) is 51.5 Å². The average Bonchev–Trinajstić information content (AvgIpc) is 2.38. The Hall–Kier alpha value is -0.860. The van der Waals surface area contributed by atoms with E-state index in [9.17, 15) is 0 Å². The van der Waals surface area contributed by atoms with Crippen LogP contribution in [0.5, 0.6) is 0 Å². The highest BCUT2D eigenvalue weighted by Gasteiger charge is 2.32. The van der Waals surface area contributed by atoms with E-state index >= 15 is 0 Å². The van der Waals surface area contributed by atoms with Crippen LogP contribution in [-0.2, 0) is 0 Å². The SMILES string of the molecule is CN(CC(C)(C)C)C1CC(c2ccccc2)CCC1N. The maximum Gasteiger partial charge on any atom is 0.0250 e. The van der Waals surface area contributed by atoms with Gasteiger partial charge in [0.2, 0.25) is 0 Å². The fourth-order valence-electron chi connectivity index (χ4n) is 3.57. The lowest BCUT2D eigenvalue weighted by molar-refractivity contribution is 0.118. The van der Waals surface area contributed by atoms with Crippen molar-refractivity contribution in [1.29, 1.82) is 0 Å². The molecule has 3 atom stereocenters. The number of nitrogens with zero attached hydrogens (tertiary/aromatic N) is 1. The molecule has 0 aromatic heterocycles. The quantitative estimate of drug-likeness (QED) is 0.912. The van der Waals surface area contributed by atoms with Crippen LogP contribution in [0.3, 0.4) is 0 Å². The molecule has 2 rings (SSSR count). The van der Waals surface area contributed by atoms with Crippen LogP contribution < -0.4 is 5.73 Å². The van der Waals surface area contributed by atoms with Gasteiger partial charge in [-0.3, -0.25) is 0 Å². The highest BCUT2D eigenvalue weighted by Crippen LogP contribution is 2.34. The van der Waals surface area contributed by atoms with Gasteiger partial charge in [0, 0.05) is 18.6 Å². The van der Waals surface area contributed by atoms with Crippen LogP contribution >= 0.6 is 0 Å². The summed E-state index contributed by atoms with van der Waals surface area (Å²) in [5, 5.41) is 0. The molecule has 2 N–H and O–H groups in total. The normalized spacial score (nSPS) is 27.8. The summed E-state index contributed by atoms with van der Waals surface area (Å²) in [6, 6.07) is 11.8. The Labute approximate surface area is 124 Å². The third-order valence-corrected chi connectivity index (χ3v) is 4.43. The van der Waals surface area contributed by atoms with Crippen LogP contribution in [0, 0.1) is 5.41 Å². The van der Waals surface area contributed by atoms with Crippen LogP contribution in [0.2, 0.25) is 0 Å². The number of rotatable bonds is 3. The van der Waals surface area contributed by atoms with Crippen LogP contribution in [0.25, 0.3) is 0 Å². The maximum atomic E-state index is 6.40. The van der Waals surface area contributed by atoms with Crippen molar-refractivity contribution in [3.63, 3.8) is 0 Å². The molecule has 1 aliphatic carbocycles. The zero-order valence-electron chi connectivity index (χ0n) is 13.5. The Bertz CT molecular complexity index is 407. The molecular formula is C18H30N2. The fourth-order valence-corrected chi connectivity index (χ4v) is 3.57. The van der Waals surface area contributed by atoms with Gasteiger partial charge in [-0.1, -0.05) is 51.1 Å². The molecule has 1 saturated carbocycles. The molecule has 20 heavy (non-hydrogen) atoms. The Morgan fingerprint density at radius 2 is 1.80 bits per heavy atom. The average molecular weight is 274 g/mol. The smallest absolute Gasteiger partial charge is 0.0250 e. The predicted octanol–water partition coefficient (Wildman–Crippen LogP) is 3.63. The Morgan fingerprint density at radius 1 is 1.15 bits per heavy atom. The number of likely N-dealkylation sites (N-methyl/N-ethyl adjacent to an activating group) is 1. The molecule has 1 fully saturated rings. The molecule has 0 spiro atoms. The first-order valence-corrected chi connectivity index (χ1v) is 7.87. The number of hydrogen-bond acceptors (Lipinski definition) is 2. The van der Waals surface area contributed by atoms with E-state index in [1.54, 1.807) is 0 Å². The van der Waals surface area contributed by atoms with E-state index in [0.29, 0.717) is 23.4 Å². The lowest BCUT2D eigenvalue weighted by Gasteiger charge is -2.42. The summed E-state index contributed by atoms with van der Waals surface area (Å²) in [5.41, 5.74) is 8.21. The minimum atomic E-state index is 0.322. The van der Waals surface area contributed by atoms with Gasteiger partial charge < -0.3 is 10.6 Å². The van der Waals surface area contributed by atoms with Gasteiger partial charge in [0.15, 0.2) is 0 Å². The summed E-state index contributed by atoms with van der Waals surface area (Å²) in [6.45, 7) is 8.00.